The number of likely N-dealkylation sites (N-methyl/N-ethyl adjacent to an activating group) is 1. The number of carbonyl (C=O) groups is 1. The Morgan fingerprint density at radius 1 is 1.41 bits per heavy atom. The second kappa shape index (κ2) is 6.12. The van der Waals surface area contributed by atoms with Crippen LogP contribution in [0.5, 0.6) is 0 Å². The largest absolute Gasteiger partial charge is 0.297 e. The number of carbonyl (C=O) groups excluding carboxylic acids is 1. The molecule has 1 heterocycles. The number of halogens is 1. The Labute approximate surface area is 116 Å². The number of Topliss-reactive ketones (excluding diaryl/α,β-unsaturated/α-hetero) is 1. The molecule has 0 bridgehead atoms. The SMILES string of the molecule is CCN(CC)C(C)(C)C(=O)Cc1sccc1Br. The summed E-state index contributed by atoms with van der Waals surface area (Å²) in [7, 11) is 0. The minimum atomic E-state index is -0.382. The molecule has 0 fully saturated rings. The first-order valence-corrected chi connectivity index (χ1v) is 7.60. The summed E-state index contributed by atoms with van der Waals surface area (Å²) < 4.78 is 1.05. The van der Waals surface area contributed by atoms with Crippen LogP contribution in [0.2, 0.25) is 0 Å². The maximum Gasteiger partial charge on any atom is 0.157 e. The molecular weight excluding hydrogens is 298 g/mol. The molecule has 1 aromatic rings. The zero-order valence-corrected chi connectivity index (χ0v) is 13.3. The first-order chi connectivity index (χ1) is 7.93. The van der Waals surface area contributed by atoms with E-state index in [1.165, 1.54) is 0 Å². The maximum absolute atomic E-state index is 12.4. The number of rotatable bonds is 6. The van der Waals surface area contributed by atoms with Gasteiger partial charge in [-0.05, 0) is 54.3 Å². The molecule has 0 aliphatic heterocycles. The normalized spacial score (nSPS) is 12.1. The van der Waals surface area contributed by atoms with Crippen LogP contribution in [0.3, 0.4) is 0 Å². The van der Waals surface area contributed by atoms with Crippen molar-refractivity contribution in [2.45, 2.75) is 39.7 Å². The molecule has 0 aliphatic rings. The van der Waals surface area contributed by atoms with Crippen LogP contribution in [0, 0.1) is 0 Å². The monoisotopic (exact) mass is 317 g/mol. The van der Waals surface area contributed by atoms with Crippen LogP contribution in [0.25, 0.3) is 0 Å². The lowest BCUT2D eigenvalue weighted by molar-refractivity contribution is -0.128. The lowest BCUT2D eigenvalue weighted by atomic mass is 9.94. The fraction of sp³-hybridized carbons (Fsp3) is 0.615. The highest BCUT2D eigenvalue weighted by molar-refractivity contribution is 9.10. The molecule has 2 nitrogen and oxygen atoms in total. The van der Waals surface area contributed by atoms with Gasteiger partial charge in [0.1, 0.15) is 0 Å². The summed E-state index contributed by atoms with van der Waals surface area (Å²) in [5.41, 5.74) is -0.382. The lowest BCUT2D eigenvalue weighted by Crippen LogP contribution is -2.50. The smallest absolute Gasteiger partial charge is 0.157 e. The van der Waals surface area contributed by atoms with Crippen molar-refractivity contribution in [2.24, 2.45) is 0 Å². The van der Waals surface area contributed by atoms with E-state index < -0.39 is 0 Å². The summed E-state index contributed by atoms with van der Waals surface area (Å²) in [5, 5.41) is 2.01. The van der Waals surface area contributed by atoms with E-state index >= 15 is 0 Å². The third-order valence-electron chi connectivity index (χ3n) is 3.25. The Kier molecular flexibility index (Phi) is 5.35. The maximum atomic E-state index is 12.4. The molecule has 0 radical (unpaired) electrons. The number of hydrogen-bond donors (Lipinski definition) is 0. The molecule has 1 rings (SSSR count). The minimum Gasteiger partial charge on any atom is -0.297 e. The van der Waals surface area contributed by atoms with Crippen molar-refractivity contribution in [1.82, 2.24) is 4.90 Å². The molecule has 0 spiro atoms. The van der Waals surface area contributed by atoms with Crippen LogP contribution in [-0.2, 0) is 11.2 Å². The summed E-state index contributed by atoms with van der Waals surface area (Å²) in [6.45, 7) is 10.0. The van der Waals surface area contributed by atoms with Crippen molar-refractivity contribution in [2.75, 3.05) is 13.1 Å². The predicted octanol–water partition coefficient (Wildman–Crippen LogP) is 3.74. The highest BCUT2D eigenvalue weighted by Gasteiger charge is 2.32. The van der Waals surface area contributed by atoms with Gasteiger partial charge in [0.05, 0.1) is 5.54 Å². The van der Waals surface area contributed by atoms with Gasteiger partial charge in [0.15, 0.2) is 5.78 Å². The van der Waals surface area contributed by atoms with Gasteiger partial charge < -0.3 is 0 Å². The summed E-state index contributed by atoms with van der Waals surface area (Å²) >= 11 is 5.11. The molecule has 0 aromatic carbocycles. The average Bonchev–Trinajstić information content (AvgIpc) is 2.65. The third-order valence-corrected chi connectivity index (χ3v) is 5.17. The molecule has 0 unspecified atom stereocenters. The summed E-state index contributed by atoms with van der Waals surface area (Å²) in [5.74, 6) is 0.282. The highest BCUT2D eigenvalue weighted by Crippen LogP contribution is 2.26. The van der Waals surface area contributed by atoms with Crippen molar-refractivity contribution < 1.29 is 4.79 Å². The van der Waals surface area contributed by atoms with Gasteiger partial charge in [0, 0.05) is 15.8 Å². The number of thiophene rings is 1. The second-order valence-electron chi connectivity index (χ2n) is 4.52. The third kappa shape index (κ3) is 3.39. The molecule has 0 saturated carbocycles. The molecule has 1 aromatic heterocycles. The number of hydrogen-bond acceptors (Lipinski definition) is 3. The van der Waals surface area contributed by atoms with Gasteiger partial charge in [-0.1, -0.05) is 13.8 Å². The van der Waals surface area contributed by atoms with Crippen LogP contribution in [-0.4, -0.2) is 29.3 Å². The van der Waals surface area contributed by atoms with Crippen LogP contribution < -0.4 is 0 Å². The minimum absolute atomic E-state index is 0.282. The Morgan fingerprint density at radius 3 is 2.41 bits per heavy atom. The van der Waals surface area contributed by atoms with Gasteiger partial charge >= 0.3 is 0 Å². The first-order valence-electron chi connectivity index (χ1n) is 5.93. The highest BCUT2D eigenvalue weighted by atomic mass is 79.9. The molecule has 0 saturated heterocycles. The van der Waals surface area contributed by atoms with E-state index in [1.807, 2.05) is 25.3 Å². The zero-order chi connectivity index (χ0) is 13.1. The van der Waals surface area contributed by atoms with Crippen molar-refractivity contribution >= 4 is 33.0 Å². The van der Waals surface area contributed by atoms with E-state index in [0.717, 1.165) is 22.4 Å². The van der Waals surface area contributed by atoms with Crippen molar-refractivity contribution in [3.63, 3.8) is 0 Å². The van der Waals surface area contributed by atoms with E-state index in [2.05, 4.69) is 34.7 Å². The van der Waals surface area contributed by atoms with Crippen LogP contribution >= 0.6 is 27.3 Å². The Morgan fingerprint density at radius 2 is 2.00 bits per heavy atom. The van der Waals surface area contributed by atoms with E-state index in [4.69, 9.17) is 0 Å². The zero-order valence-electron chi connectivity index (χ0n) is 10.9. The molecule has 96 valence electrons. The van der Waals surface area contributed by atoms with Gasteiger partial charge in [-0.25, -0.2) is 0 Å². The Balaban J connectivity index is 2.79. The lowest BCUT2D eigenvalue weighted by Gasteiger charge is -2.35. The second-order valence-corrected chi connectivity index (χ2v) is 6.38. The van der Waals surface area contributed by atoms with Gasteiger partial charge in [-0.2, -0.15) is 0 Å². The molecular formula is C13H20BrNOS. The first kappa shape index (κ1) is 14.9. The quantitative estimate of drug-likeness (QED) is 0.796. The van der Waals surface area contributed by atoms with Crippen molar-refractivity contribution in [3.8, 4) is 0 Å². The molecule has 17 heavy (non-hydrogen) atoms. The summed E-state index contributed by atoms with van der Waals surface area (Å²) in [6, 6.07) is 2.00. The summed E-state index contributed by atoms with van der Waals surface area (Å²) in [4.78, 5) is 15.7. The van der Waals surface area contributed by atoms with Crippen LogP contribution in [0.15, 0.2) is 15.9 Å². The molecule has 0 N–H and O–H groups in total. The van der Waals surface area contributed by atoms with E-state index in [-0.39, 0.29) is 11.3 Å². The van der Waals surface area contributed by atoms with Gasteiger partial charge in [0.2, 0.25) is 0 Å². The summed E-state index contributed by atoms with van der Waals surface area (Å²) in [6.07, 6.45) is 0.516. The van der Waals surface area contributed by atoms with Crippen LogP contribution in [0.1, 0.15) is 32.6 Å². The Bertz CT molecular complexity index is 383. The van der Waals surface area contributed by atoms with Crippen molar-refractivity contribution in [1.29, 1.82) is 0 Å². The van der Waals surface area contributed by atoms with Gasteiger partial charge in [-0.3, -0.25) is 9.69 Å². The van der Waals surface area contributed by atoms with E-state index in [1.54, 1.807) is 11.3 Å². The number of nitrogens with zero attached hydrogens (tertiary/aromatic N) is 1. The van der Waals surface area contributed by atoms with E-state index in [0.29, 0.717) is 6.42 Å². The van der Waals surface area contributed by atoms with Gasteiger partial charge in [0.25, 0.3) is 0 Å². The molecule has 0 atom stereocenters. The topological polar surface area (TPSA) is 20.3 Å². The molecule has 0 aliphatic carbocycles. The number of ketones is 1. The predicted molar refractivity (Wildman–Crippen MR) is 77.7 cm³/mol. The fourth-order valence-electron chi connectivity index (χ4n) is 2.00. The van der Waals surface area contributed by atoms with Crippen LogP contribution in [0.4, 0.5) is 0 Å². The van der Waals surface area contributed by atoms with Gasteiger partial charge in [-0.15, -0.1) is 11.3 Å². The van der Waals surface area contributed by atoms with E-state index in [9.17, 15) is 4.79 Å². The average molecular weight is 318 g/mol. The fourth-order valence-corrected chi connectivity index (χ4v) is 3.50. The molecule has 0 amide bonds. The standard InChI is InChI=1S/C13H20BrNOS/c1-5-15(6-2)13(3,4)12(16)9-11-10(14)7-8-17-11/h7-8H,5-6,9H2,1-4H3. The molecule has 4 heteroatoms. The Hall–Kier alpha value is -0.190. The van der Waals surface area contributed by atoms with Crippen molar-refractivity contribution in [3.05, 3.63) is 20.8 Å².